The van der Waals surface area contributed by atoms with E-state index in [1.54, 1.807) is 24.4 Å². The fourth-order valence-electron chi connectivity index (χ4n) is 3.21. The molecule has 1 atom stereocenters. The lowest BCUT2D eigenvalue weighted by atomic mass is 10.0. The topological polar surface area (TPSA) is 100 Å². The average Bonchev–Trinajstić information content (AvgIpc) is 2.72. The van der Waals surface area contributed by atoms with Gasteiger partial charge in [0.05, 0.1) is 19.0 Å². The van der Waals surface area contributed by atoms with Crippen molar-refractivity contribution < 1.29 is 14.7 Å². The van der Waals surface area contributed by atoms with Crippen LogP contribution in [0.25, 0.3) is 0 Å². The van der Waals surface area contributed by atoms with E-state index in [1.165, 1.54) is 10.6 Å². The molecule has 1 aromatic heterocycles. The van der Waals surface area contributed by atoms with Crippen molar-refractivity contribution in [2.24, 2.45) is 0 Å². The van der Waals surface area contributed by atoms with Crippen molar-refractivity contribution in [2.45, 2.75) is 32.4 Å². The van der Waals surface area contributed by atoms with Gasteiger partial charge in [-0.15, -0.1) is 0 Å². The largest absolute Gasteiger partial charge is 0.481 e. The van der Waals surface area contributed by atoms with E-state index in [1.807, 2.05) is 37.3 Å². The predicted octanol–water partition coefficient (Wildman–Crippen LogP) is 3.75. The molecule has 8 heteroatoms. The summed E-state index contributed by atoms with van der Waals surface area (Å²) in [5.74, 6) is -1.04. The number of allylic oxidation sites excluding steroid dienone is 4. The molecule has 2 amide bonds. The monoisotopic (exact) mass is 437 g/mol. The number of nitrogens with zero attached hydrogens (tertiary/aromatic N) is 1. The summed E-state index contributed by atoms with van der Waals surface area (Å²) < 4.78 is 1.47. The molecule has 0 saturated carbocycles. The minimum atomic E-state index is -1.04. The van der Waals surface area contributed by atoms with E-state index < -0.39 is 18.0 Å². The first-order valence-corrected chi connectivity index (χ1v) is 10.2. The number of benzene rings is 1. The lowest BCUT2D eigenvalue weighted by Gasteiger charge is -2.18. The van der Waals surface area contributed by atoms with Crippen LogP contribution in [0.4, 0.5) is 10.5 Å². The van der Waals surface area contributed by atoms with Gasteiger partial charge in [-0.3, -0.25) is 9.59 Å². The highest BCUT2D eigenvalue weighted by Crippen LogP contribution is 2.18. The Kier molecular flexibility index (Phi) is 7.15. The van der Waals surface area contributed by atoms with Crippen LogP contribution in [0.3, 0.4) is 0 Å². The van der Waals surface area contributed by atoms with Gasteiger partial charge in [0, 0.05) is 17.5 Å². The number of carbonyl (C=O) groups excluding carboxylic acids is 1. The standard InChI is InChI=1S/C23H23N3O4S/c1-15-8-10-16(11-9-15)19(13-21(27)28)25-23(30)24-18-6-4-12-26(22(18)29)14-17-5-2-3-7-20(17)31/h2-6,8-12,19H,7,13-14H2,1H3,(H,27,28)(H2,24,25,30)/t19-/m0/s1. The Hall–Kier alpha value is -3.52. The number of rotatable bonds is 7. The molecule has 2 aromatic rings. The number of pyridine rings is 1. The number of anilines is 1. The Balaban J connectivity index is 1.74. The molecular formula is C23H23N3O4S. The number of carboxylic acid groups (broad SMARTS) is 1. The van der Waals surface area contributed by atoms with E-state index in [-0.39, 0.29) is 17.7 Å². The number of aryl methyl sites for hydroxylation is 1. The molecule has 3 rings (SSSR count). The third-order valence-corrected chi connectivity index (χ3v) is 5.30. The zero-order chi connectivity index (χ0) is 22.4. The third kappa shape index (κ3) is 5.99. The number of aromatic nitrogens is 1. The molecule has 0 saturated heterocycles. The van der Waals surface area contributed by atoms with E-state index in [0.29, 0.717) is 18.5 Å². The molecule has 1 heterocycles. The van der Waals surface area contributed by atoms with E-state index in [9.17, 15) is 19.5 Å². The molecule has 0 bridgehead atoms. The number of hydrogen-bond donors (Lipinski definition) is 3. The van der Waals surface area contributed by atoms with Crippen molar-refractivity contribution in [3.8, 4) is 0 Å². The predicted molar refractivity (Wildman–Crippen MR) is 123 cm³/mol. The number of hydrogen-bond acceptors (Lipinski definition) is 4. The number of amides is 2. The first kappa shape index (κ1) is 22.2. The highest BCUT2D eigenvalue weighted by Gasteiger charge is 2.19. The van der Waals surface area contributed by atoms with Crippen LogP contribution in [0, 0.1) is 6.92 Å². The number of nitrogens with one attached hydrogen (secondary N) is 2. The minimum absolute atomic E-state index is 0.0934. The van der Waals surface area contributed by atoms with Crippen LogP contribution in [-0.2, 0) is 11.3 Å². The molecule has 0 fully saturated rings. The molecule has 1 aromatic carbocycles. The molecule has 7 nitrogen and oxygen atoms in total. The summed E-state index contributed by atoms with van der Waals surface area (Å²) in [4.78, 5) is 37.4. The van der Waals surface area contributed by atoms with Crippen molar-refractivity contribution in [3.05, 3.63) is 87.9 Å². The van der Waals surface area contributed by atoms with Crippen LogP contribution in [0.15, 0.2) is 71.2 Å². The normalized spacial score (nSPS) is 14.0. The lowest BCUT2D eigenvalue weighted by Crippen LogP contribution is -2.36. The fourth-order valence-corrected chi connectivity index (χ4v) is 3.44. The van der Waals surface area contributed by atoms with Crippen LogP contribution in [0.1, 0.15) is 30.0 Å². The second-order valence-electron chi connectivity index (χ2n) is 7.26. The van der Waals surface area contributed by atoms with Gasteiger partial charge in [-0.1, -0.05) is 60.3 Å². The SMILES string of the molecule is Cc1ccc([C@H](CC(=O)O)NC(=O)Nc2cccn(CC3=CC=CCC3=S)c2=O)cc1. The molecule has 3 N–H and O–H groups in total. The van der Waals surface area contributed by atoms with E-state index in [0.717, 1.165) is 16.0 Å². The number of thiocarbonyl (C=S) groups is 1. The molecule has 0 unspecified atom stereocenters. The van der Waals surface area contributed by atoms with E-state index in [4.69, 9.17) is 12.2 Å². The Bertz CT molecular complexity index is 1120. The highest BCUT2D eigenvalue weighted by molar-refractivity contribution is 7.80. The summed E-state index contributed by atoms with van der Waals surface area (Å²) in [6.45, 7) is 2.23. The van der Waals surface area contributed by atoms with Crippen molar-refractivity contribution in [1.82, 2.24) is 9.88 Å². The molecule has 1 aliphatic rings. The molecule has 0 radical (unpaired) electrons. The zero-order valence-corrected chi connectivity index (χ0v) is 17.8. The zero-order valence-electron chi connectivity index (χ0n) is 17.0. The Morgan fingerprint density at radius 2 is 1.97 bits per heavy atom. The van der Waals surface area contributed by atoms with Crippen LogP contribution in [0.2, 0.25) is 0 Å². The summed E-state index contributed by atoms with van der Waals surface area (Å²) in [5, 5.41) is 14.4. The minimum Gasteiger partial charge on any atom is -0.481 e. The Morgan fingerprint density at radius 3 is 2.65 bits per heavy atom. The molecule has 1 aliphatic carbocycles. The number of carboxylic acids is 1. The first-order valence-electron chi connectivity index (χ1n) is 9.77. The van der Waals surface area contributed by atoms with Crippen LogP contribution in [0.5, 0.6) is 0 Å². The molecule has 160 valence electrons. The van der Waals surface area contributed by atoms with Gasteiger partial charge in [-0.25, -0.2) is 4.79 Å². The number of carbonyl (C=O) groups is 2. The molecule has 31 heavy (non-hydrogen) atoms. The van der Waals surface area contributed by atoms with Crippen LogP contribution >= 0.6 is 12.2 Å². The van der Waals surface area contributed by atoms with Gasteiger partial charge in [-0.05, 0) is 30.2 Å². The smallest absolute Gasteiger partial charge is 0.319 e. The van der Waals surface area contributed by atoms with E-state index >= 15 is 0 Å². The second kappa shape index (κ2) is 9.99. The van der Waals surface area contributed by atoms with Gasteiger partial charge in [0.15, 0.2) is 0 Å². The van der Waals surface area contributed by atoms with Crippen molar-refractivity contribution in [3.63, 3.8) is 0 Å². The maximum absolute atomic E-state index is 12.8. The van der Waals surface area contributed by atoms with E-state index in [2.05, 4.69) is 10.6 Å². The number of urea groups is 1. The van der Waals surface area contributed by atoms with Gasteiger partial charge in [-0.2, -0.15) is 0 Å². The number of aliphatic carboxylic acids is 1. The first-order chi connectivity index (χ1) is 14.8. The highest BCUT2D eigenvalue weighted by atomic mass is 32.1. The Morgan fingerprint density at radius 1 is 1.23 bits per heavy atom. The van der Waals surface area contributed by atoms with Gasteiger partial charge >= 0.3 is 12.0 Å². The van der Waals surface area contributed by atoms with Crippen molar-refractivity contribution in [2.75, 3.05) is 5.32 Å². The van der Waals surface area contributed by atoms with Gasteiger partial charge < -0.3 is 20.3 Å². The summed E-state index contributed by atoms with van der Waals surface area (Å²) in [5.41, 5.74) is 2.29. The van der Waals surface area contributed by atoms with Crippen molar-refractivity contribution >= 4 is 34.8 Å². The summed E-state index contributed by atoms with van der Waals surface area (Å²) in [6, 6.07) is 9.01. The lowest BCUT2D eigenvalue weighted by molar-refractivity contribution is -0.137. The van der Waals surface area contributed by atoms with Crippen LogP contribution in [-0.4, -0.2) is 26.5 Å². The van der Waals surface area contributed by atoms with Crippen LogP contribution < -0.4 is 16.2 Å². The quantitative estimate of drug-likeness (QED) is 0.573. The third-order valence-electron chi connectivity index (χ3n) is 4.87. The fraction of sp³-hybridized carbons (Fsp3) is 0.217. The summed E-state index contributed by atoms with van der Waals surface area (Å²) in [6.07, 6.45) is 7.75. The maximum atomic E-state index is 12.8. The van der Waals surface area contributed by atoms with Gasteiger partial charge in [0.1, 0.15) is 5.69 Å². The Labute approximate surface area is 185 Å². The average molecular weight is 438 g/mol. The second-order valence-corrected chi connectivity index (χ2v) is 7.75. The maximum Gasteiger partial charge on any atom is 0.319 e. The van der Waals surface area contributed by atoms with Gasteiger partial charge in [0.2, 0.25) is 0 Å². The molecule has 0 spiro atoms. The molecule has 0 aliphatic heterocycles. The van der Waals surface area contributed by atoms with Gasteiger partial charge in [0.25, 0.3) is 5.56 Å². The molecular weight excluding hydrogens is 414 g/mol. The summed E-state index contributed by atoms with van der Waals surface area (Å²) in [7, 11) is 0. The van der Waals surface area contributed by atoms with Crippen molar-refractivity contribution in [1.29, 1.82) is 0 Å². The summed E-state index contributed by atoms with van der Waals surface area (Å²) >= 11 is 5.35.